The van der Waals surface area contributed by atoms with Gasteiger partial charge in [-0.15, -0.1) is 0 Å². The smallest absolute Gasteiger partial charge is 0.208 e. The Hall–Kier alpha value is -0.910. The van der Waals surface area contributed by atoms with Crippen molar-refractivity contribution < 1.29 is 13.2 Å². The van der Waals surface area contributed by atoms with Gasteiger partial charge in [-0.2, -0.15) is 0 Å². The van der Waals surface area contributed by atoms with E-state index in [1.54, 1.807) is 0 Å². The number of ether oxygens (including phenoxy) is 1. The number of unbranched alkanes of at least 4 members (excludes halogenated alkanes) is 2. The van der Waals surface area contributed by atoms with Crippen LogP contribution in [0.3, 0.4) is 0 Å². The van der Waals surface area contributed by atoms with E-state index in [9.17, 15) is 8.42 Å². The van der Waals surface area contributed by atoms with Gasteiger partial charge in [-0.05, 0) is 49.5 Å². The first-order valence-electron chi connectivity index (χ1n) is 10.5. The lowest BCUT2D eigenvalue weighted by atomic mass is 9.83. The first-order valence-corrected chi connectivity index (χ1v) is 12.4. The molecule has 0 aliphatic heterocycles. The van der Waals surface area contributed by atoms with Gasteiger partial charge in [0.15, 0.2) is 0 Å². The maximum absolute atomic E-state index is 11.7. The van der Waals surface area contributed by atoms with Gasteiger partial charge in [-0.3, -0.25) is 0 Å². The van der Waals surface area contributed by atoms with Gasteiger partial charge in [-0.25, -0.2) is 13.1 Å². The van der Waals surface area contributed by atoms with Gasteiger partial charge >= 0.3 is 0 Å². The lowest BCUT2D eigenvalue weighted by molar-refractivity contribution is 0.00203. The molecule has 0 saturated heterocycles. The summed E-state index contributed by atoms with van der Waals surface area (Å²) in [4.78, 5) is 0. The highest BCUT2D eigenvalue weighted by Gasteiger charge is 2.25. The molecule has 0 bridgehead atoms. The average Bonchev–Trinajstić information content (AvgIpc) is 2.65. The van der Waals surface area contributed by atoms with Crippen molar-refractivity contribution in [2.75, 3.05) is 12.9 Å². The quantitative estimate of drug-likeness (QED) is 0.544. The SMILES string of the molecule is CCCCC[C@H](NS(C)(=O)=O)[C@@H](C)COC1CCC(c2ccccc2)CC1. The highest BCUT2D eigenvalue weighted by Crippen LogP contribution is 2.34. The topological polar surface area (TPSA) is 55.4 Å². The number of sulfonamides is 1. The molecule has 0 aromatic heterocycles. The monoisotopic (exact) mass is 395 g/mol. The maximum Gasteiger partial charge on any atom is 0.208 e. The van der Waals surface area contributed by atoms with E-state index in [-0.39, 0.29) is 12.0 Å². The third-order valence-electron chi connectivity index (χ3n) is 5.71. The van der Waals surface area contributed by atoms with Crippen LogP contribution in [-0.4, -0.2) is 33.4 Å². The lowest BCUT2D eigenvalue weighted by Crippen LogP contribution is -2.41. The highest BCUT2D eigenvalue weighted by atomic mass is 32.2. The molecule has 0 heterocycles. The lowest BCUT2D eigenvalue weighted by Gasteiger charge is -2.31. The second-order valence-corrected chi connectivity index (χ2v) is 9.97. The zero-order valence-corrected chi connectivity index (χ0v) is 18.0. The Bertz CT molecular complexity index is 624. The highest BCUT2D eigenvalue weighted by molar-refractivity contribution is 7.88. The third-order valence-corrected chi connectivity index (χ3v) is 6.44. The van der Waals surface area contributed by atoms with Gasteiger partial charge in [0.1, 0.15) is 0 Å². The van der Waals surface area contributed by atoms with Crippen LogP contribution in [0.1, 0.15) is 76.7 Å². The van der Waals surface area contributed by atoms with E-state index in [0.717, 1.165) is 38.5 Å². The largest absolute Gasteiger partial charge is 0.378 e. The minimum Gasteiger partial charge on any atom is -0.378 e. The van der Waals surface area contributed by atoms with Crippen molar-refractivity contribution in [2.45, 2.75) is 83.3 Å². The molecule has 0 amide bonds. The van der Waals surface area contributed by atoms with E-state index >= 15 is 0 Å². The molecule has 1 aromatic rings. The van der Waals surface area contributed by atoms with Gasteiger partial charge in [0.2, 0.25) is 10.0 Å². The number of hydrogen-bond acceptors (Lipinski definition) is 3. The fourth-order valence-electron chi connectivity index (χ4n) is 4.04. The zero-order chi connectivity index (χ0) is 19.7. The van der Waals surface area contributed by atoms with E-state index in [1.165, 1.54) is 24.7 Å². The van der Waals surface area contributed by atoms with Gasteiger partial charge in [0.25, 0.3) is 0 Å². The molecule has 1 aliphatic carbocycles. The first kappa shape index (κ1) is 22.4. The molecular formula is C22H37NO3S. The van der Waals surface area contributed by atoms with Crippen LogP contribution < -0.4 is 4.72 Å². The van der Waals surface area contributed by atoms with Gasteiger partial charge < -0.3 is 4.74 Å². The minimum atomic E-state index is -3.19. The van der Waals surface area contributed by atoms with Crippen molar-refractivity contribution in [2.24, 2.45) is 5.92 Å². The summed E-state index contributed by atoms with van der Waals surface area (Å²) in [6.07, 6.45) is 10.3. The van der Waals surface area contributed by atoms with Crippen LogP contribution in [0.15, 0.2) is 30.3 Å². The van der Waals surface area contributed by atoms with Crippen LogP contribution in [0, 0.1) is 5.92 Å². The van der Waals surface area contributed by atoms with E-state index in [2.05, 4.69) is 48.9 Å². The van der Waals surface area contributed by atoms with Crippen molar-refractivity contribution in [3.05, 3.63) is 35.9 Å². The Kier molecular flexibility index (Phi) is 9.27. The molecule has 1 aromatic carbocycles. The molecule has 1 N–H and O–H groups in total. The van der Waals surface area contributed by atoms with Crippen molar-refractivity contribution in [1.82, 2.24) is 4.72 Å². The third kappa shape index (κ3) is 8.32. The molecule has 0 unspecified atom stereocenters. The Balaban J connectivity index is 1.78. The Morgan fingerprint density at radius 2 is 1.78 bits per heavy atom. The van der Waals surface area contributed by atoms with Crippen LogP contribution in [0.4, 0.5) is 0 Å². The zero-order valence-electron chi connectivity index (χ0n) is 17.2. The van der Waals surface area contributed by atoms with Crippen LogP contribution in [0.2, 0.25) is 0 Å². The number of nitrogens with one attached hydrogen (secondary N) is 1. The average molecular weight is 396 g/mol. The van der Waals surface area contributed by atoms with Crippen molar-refractivity contribution >= 4 is 10.0 Å². The molecule has 0 radical (unpaired) electrons. The molecule has 0 spiro atoms. The summed E-state index contributed by atoms with van der Waals surface area (Å²) in [5, 5.41) is 0. The summed E-state index contributed by atoms with van der Waals surface area (Å²) in [5.74, 6) is 0.834. The number of hydrogen-bond donors (Lipinski definition) is 1. The Morgan fingerprint density at radius 1 is 1.11 bits per heavy atom. The minimum absolute atomic E-state index is 0.0350. The summed E-state index contributed by atoms with van der Waals surface area (Å²) in [7, 11) is -3.19. The van der Waals surface area contributed by atoms with E-state index < -0.39 is 10.0 Å². The standard InChI is InChI=1S/C22H37NO3S/c1-4-5-7-12-22(23-27(3,24)25)18(2)17-26-21-15-13-20(14-16-21)19-10-8-6-9-11-19/h6,8-11,18,20-23H,4-5,7,12-17H2,1-3H3/t18-,20?,21?,22-/m0/s1. The van der Waals surface area contributed by atoms with Crippen LogP contribution in [0.5, 0.6) is 0 Å². The summed E-state index contributed by atoms with van der Waals surface area (Å²) < 4.78 is 32.4. The molecule has 4 nitrogen and oxygen atoms in total. The summed E-state index contributed by atoms with van der Waals surface area (Å²) in [6, 6.07) is 10.7. The molecule has 1 aliphatic rings. The van der Waals surface area contributed by atoms with Crippen molar-refractivity contribution in [1.29, 1.82) is 0 Å². The van der Waals surface area contributed by atoms with E-state index in [1.807, 2.05) is 0 Å². The Morgan fingerprint density at radius 3 is 2.37 bits per heavy atom. The van der Waals surface area contributed by atoms with Crippen LogP contribution >= 0.6 is 0 Å². The second kappa shape index (κ2) is 11.2. The van der Waals surface area contributed by atoms with Gasteiger partial charge in [0.05, 0.1) is 19.0 Å². The van der Waals surface area contributed by atoms with Crippen LogP contribution in [0.25, 0.3) is 0 Å². The summed E-state index contributed by atoms with van der Waals surface area (Å²) in [6.45, 7) is 4.89. The molecule has 5 heteroatoms. The van der Waals surface area contributed by atoms with E-state index in [0.29, 0.717) is 18.6 Å². The summed E-state index contributed by atoms with van der Waals surface area (Å²) >= 11 is 0. The molecule has 154 valence electrons. The normalized spacial score (nSPS) is 23.1. The van der Waals surface area contributed by atoms with Gasteiger partial charge in [-0.1, -0.05) is 63.4 Å². The molecular weight excluding hydrogens is 358 g/mol. The number of rotatable bonds is 11. The summed E-state index contributed by atoms with van der Waals surface area (Å²) in [5.41, 5.74) is 1.44. The molecule has 1 fully saturated rings. The van der Waals surface area contributed by atoms with Crippen molar-refractivity contribution in [3.8, 4) is 0 Å². The second-order valence-electron chi connectivity index (χ2n) is 8.19. The number of benzene rings is 1. The predicted octanol–water partition coefficient (Wildman–Crippen LogP) is 4.86. The van der Waals surface area contributed by atoms with Crippen molar-refractivity contribution in [3.63, 3.8) is 0 Å². The molecule has 1 saturated carbocycles. The molecule has 2 atom stereocenters. The molecule has 2 rings (SSSR count). The first-order chi connectivity index (χ1) is 12.9. The molecule has 27 heavy (non-hydrogen) atoms. The van der Waals surface area contributed by atoms with Crippen LogP contribution in [-0.2, 0) is 14.8 Å². The fraction of sp³-hybridized carbons (Fsp3) is 0.727. The predicted molar refractivity (Wildman–Crippen MR) is 112 cm³/mol. The Labute approximate surface area is 166 Å². The van der Waals surface area contributed by atoms with E-state index in [4.69, 9.17) is 4.74 Å². The fourth-order valence-corrected chi connectivity index (χ4v) is 4.94. The van der Waals surface area contributed by atoms with Gasteiger partial charge in [0, 0.05) is 6.04 Å². The maximum atomic E-state index is 11.7.